The number of Topliss-reactive ketones (excluding diaryl/α,β-unsaturated/α-hetero) is 1. The highest BCUT2D eigenvalue weighted by Gasteiger charge is 2.33. The lowest BCUT2D eigenvalue weighted by atomic mass is 9.89. The standard InChI is InChI=1S/C17H24N2O2S/c1-19-13-8-5-9-14(20)16(13)22-15(19)10-11-18-17(21)12-6-3-2-4-7-12/h5,8,12,15H,2-4,6-7,9-11H2,1H3,(H,18,21). The van der Waals surface area contributed by atoms with Gasteiger partial charge in [-0.2, -0.15) is 0 Å². The van der Waals surface area contributed by atoms with Crippen LogP contribution >= 0.6 is 11.8 Å². The Balaban J connectivity index is 1.46. The quantitative estimate of drug-likeness (QED) is 0.865. The Labute approximate surface area is 136 Å². The lowest BCUT2D eigenvalue weighted by Gasteiger charge is -2.24. The molecule has 5 heteroatoms. The van der Waals surface area contributed by atoms with Crippen molar-refractivity contribution in [2.24, 2.45) is 5.92 Å². The summed E-state index contributed by atoms with van der Waals surface area (Å²) in [5, 5.41) is 3.35. The van der Waals surface area contributed by atoms with Crippen molar-refractivity contribution in [3.8, 4) is 0 Å². The fourth-order valence-electron chi connectivity index (χ4n) is 3.44. The molecule has 22 heavy (non-hydrogen) atoms. The largest absolute Gasteiger partial charge is 0.361 e. The number of thioether (sulfide) groups is 1. The molecule has 0 aromatic rings. The molecule has 0 radical (unpaired) electrons. The molecule has 0 aromatic heterocycles. The maximum absolute atomic E-state index is 12.1. The highest BCUT2D eigenvalue weighted by Crippen LogP contribution is 2.41. The predicted octanol–water partition coefficient (Wildman–Crippen LogP) is 2.82. The first kappa shape index (κ1) is 15.7. The lowest BCUT2D eigenvalue weighted by molar-refractivity contribution is -0.125. The molecule has 0 bridgehead atoms. The van der Waals surface area contributed by atoms with Crippen molar-refractivity contribution < 1.29 is 9.59 Å². The molecule has 0 spiro atoms. The van der Waals surface area contributed by atoms with Crippen LogP contribution in [0.5, 0.6) is 0 Å². The number of nitrogens with one attached hydrogen (secondary N) is 1. The fourth-order valence-corrected chi connectivity index (χ4v) is 4.77. The minimum atomic E-state index is 0.221. The van der Waals surface area contributed by atoms with E-state index < -0.39 is 0 Å². The van der Waals surface area contributed by atoms with Crippen LogP contribution in [0.4, 0.5) is 0 Å². The average Bonchev–Trinajstić information content (AvgIpc) is 2.86. The van der Waals surface area contributed by atoms with Crippen LogP contribution in [0.1, 0.15) is 44.9 Å². The topological polar surface area (TPSA) is 49.4 Å². The van der Waals surface area contributed by atoms with Crippen LogP contribution in [0.15, 0.2) is 22.8 Å². The summed E-state index contributed by atoms with van der Waals surface area (Å²) < 4.78 is 0. The summed E-state index contributed by atoms with van der Waals surface area (Å²) in [7, 11) is 2.03. The van der Waals surface area contributed by atoms with E-state index in [-0.39, 0.29) is 23.0 Å². The summed E-state index contributed by atoms with van der Waals surface area (Å²) in [5.74, 6) is 0.667. The zero-order valence-electron chi connectivity index (χ0n) is 13.1. The van der Waals surface area contributed by atoms with E-state index in [1.165, 1.54) is 19.3 Å². The Hall–Kier alpha value is -1.23. The van der Waals surface area contributed by atoms with Crippen LogP contribution in [-0.4, -0.2) is 35.6 Å². The number of nitrogens with zero attached hydrogens (tertiary/aromatic N) is 1. The Bertz CT molecular complexity index is 521. The maximum Gasteiger partial charge on any atom is 0.223 e. The van der Waals surface area contributed by atoms with E-state index in [1.807, 2.05) is 19.2 Å². The van der Waals surface area contributed by atoms with Crippen LogP contribution in [0.25, 0.3) is 0 Å². The van der Waals surface area contributed by atoms with E-state index in [2.05, 4.69) is 10.2 Å². The molecule has 1 atom stereocenters. The van der Waals surface area contributed by atoms with Crippen molar-refractivity contribution in [3.05, 3.63) is 22.8 Å². The van der Waals surface area contributed by atoms with Crippen LogP contribution < -0.4 is 5.32 Å². The predicted molar refractivity (Wildman–Crippen MR) is 89.1 cm³/mol. The fraction of sp³-hybridized carbons (Fsp3) is 0.647. The van der Waals surface area contributed by atoms with E-state index in [1.54, 1.807) is 11.8 Å². The maximum atomic E-state index is 12.1. The van der Waals surface area contributed by atoms with Crippen LogP contribution in [-0.2, 0) is 9.59 Å². The van der Waals surface area contributed by atoms with Gasteiger partial charge in [-0.15, -0.1) is 0 Å². The van der Waals surface area contributed by atoms with Gasteiger partial charge in [-0.25, -0.2) is 0 Å². The Morgan fingerprint density at radius 3 is 2.86 bits per heavy atom. The first-order valence-corrected chi connectivity index (χ1v) is 9.16. The van der Waals surface area contributed by atoms with Crippen molar-refractivity contribution in [1.29, 1.82) is 0 Å². The van der Waals surface area contributed by atoms with E-state index >= 15 is 0 Å². The van der Waals surface area contributed by atoms with Gasteiger partial charge in [0.05, 0.1) is 16.0 Å². The van der Waals surface area contributed by atoms with Crippen molar-refractivity contribution in [2.75, 3.05) is 13.6 Å². The van der Waals surface area contributed by atoms with E-state index in [4.69, 9.17) is 0 Å². The van der Waals surface area contributed by atoms with Crippen LogP contribution in [0.3, 0.4) is 0 Å². The van der Waals surface area contributed by atoms with Gasteiger partial charge in [0.1, 0.15) is 0 Å². The number of ketones is 1. The number of carbonyl (C=O) groups excluding carboxylic acids is 2. The zero-order chi connectivity index (χ0) is 15.5. The molecule has 1 aliphatic heterocycles. The average molecular weight is 320 g/mol. The SMILES string of the molecule is CN1C2=C(SC1CCNC(=O)C1CCCCC1)C(=O)CC=C2. The van der Waals surface area contributed by atoms with E-state index in [0.29, 0.717) is 13.0 Å². The molecule has 0 saturated heterocycles. The third-order valence-electron chi connectivity index (χ3n) is 4.80. The minimum absolute atomic E-state index is 0.221. The summed E-state index contributed by atoms with van der Waals surface area (Å²) >= 11 is 1.65. The van der Waals surface area contributed by atoms with Gasteiger partial charge in [0, 0.05) is 25.9 Å². The van der Waals surface area contributed by atoms with Gasteiger partial charge in [-0.1, -0.05) is 37.1 Å². The molecule has 120 valence electrons. The molecule has 4 nitrogen and oxygen atoms in total. The van der Waals surface area contributed by atoms with Gasteiger partial charge < -0.3 is 10.2 Å². The summed E-state index contributed by atoms with van der Waals surface area (Å²) in [6.07, 6.45) is 11.1. The molecular weight excluding hydrogens is 296 g/mol. The van der Waals surface area contributed by atoms with Crippen molar-refractivity contribution in [3.63, 3.8) is 0 Å². The highest BCUT2D eigenvalue weighted by atomic mass is 32.2. The van der Waals surface area contributed by atoms with E-state index in [9.17, 15) is 9.59 Å². The number of hydrogen-bond acceptors (Lipinski definition) is 4. The molecular formula is C17H24N2O2S. The van der Waals surface area contributed by atoms with Crippen LogP contribution in [0, 0.1) is 5.92 Å². The lowest BCUT2D eigenvalue weighted by Crippen LogP contribution is -2.35. The number of allylic oxidation sites excluding steroid dienone is 3. The Morgan fingerprint density at radius 1 is 1.36 bits per heavy atom. The van der Waals surface area contributed by atoms with E-state index in [0.717, 1.165) is 29.9 Å². The Morgan fingerprint density at radius 2 is 2.14 bits per heavy atom. The second kappa shape index (κ2) is 6.90. The normalized spacial score (nSPS) is 25.6. The van der Waals surface area contributed by atoms with Crippen LogP contribution in [0.2, 0.25) is 0 Å². The zero-order valence-corrected chi connectivity index (χ0v) is 14.0. The van der Waals surface area contributed by atoms with Gasteiger partial charge in [-0.05, 0) is 25.3 Å². The van der Waals surface area contributed by atoms with Gasteiger partial charge in [-0.3, -0.25) is 9.59 Å². The summed E-state index contributed by atoms with van der Waals surface area (Å²) in [6.45, 7) is 0.690. The van der Waals surface area contributed by atoms with Crippen molar-refractivity contribution in [1.82, 2.24) is 10.2 Å². The van der Waals surface area contributed by atoms with Gasteiger partial charge in [0.15, 0.2) is 5.78 Å². The summed E-state index contributed by atoms with van der Waals surface area (Å²) in [4.78, 5) is 27.1. The third-order valence-corrected chi connectivity index (χ3v) is 6.29. The number of amides is 1. The number of hydrogen-bond donors (Lipinski definition) is 1. The highest BCUT2D eigenvalue weighted by molar-refractivity contribution is 8.04. The number of rotatable bonds is 4. The number of carbonyl (C=O) groups is 2. The summed E-state index contributed by atoms with van der Waals surface area (Å²) in [5.41, 5.74) is 1.05. The molecule has 3 rings (SSSR count). The first-order chi connectivity index (χ1) is 10.7. The molecule has 1 amide bonds. The molecule has 3 aliphatic rings. The van der Waals surface area contributed by atoms with Crippen molar-refractivity contribution in [2.45, 2.75) is 50.3 Å². The molecule has 1 fully saturated rings. The van der Waals surface area contributed by atoms with Crippen molar-refractivity contribution >= 4 is 23.5 Å². The molecule has 1 unspecified atom stereocenters. The molecule has 1 heterocycles. The number of likely N-dealkylation sites (N-methyl/N-ethyl adjacent to an activating group) is 1. The summed E-state index contributed by atoms with van der Waals surface area (Å²) in [6, 6.07) is 0. The van der Waals surface area contributed by atoms with Gasteiger partial charge in [0.2, 0.25) is 5.91 Å². The van der Waals surface area contributed by atoms with Gasteiger partial charge >= 0.3 is 0 Å². The molecule has 1 N–H and O–H groups in total. The second-order valence-corrected chi connectivity index (χ2v) is 7.53. The van der Waals surface area contributed by atoms with Gasteiger partial charge in [0.25, 0.3) is 0 Å². The second-order valence-electron chi connectivity index (χ2n) is 6.34. The molecule has 1 saturated carbocycles. The molecule has 2 aliphatic carbocycles. The minimum Gasteiger partial charge on any atom is -0.361 e. The smallest absolute Gasteiger partial charge is 0.223 e. The first-order valence-electron chi connectivity index (χ1n) is 8.28. The molecule has 0 aromatic carbocycles. The Kier molecular flexibility index (Phi) is 4.91. The third kappa shape index (κ3) is 3.24. The monoisotopic (exact) mass is 320 g/mol.